The Labute approximate surface area is 118 Å². The van der Waals surface area contributed by atoms with Crippen LogP contribution in [0.3, 0.4) is 0 Å². The van der Waals surface area contributed by atoms with Crippen LogP contribution in [0, 0.1) is 0 Å². The first-order valence-electron chi connectivity index (χ1n) is 5.62. The second-order valence-corrected chi connectivity index (χ2v) is 5.11. The summed E-state index contributed by atoms with van der Waals surface area (Å²) in [5, 5.41) is 0. The van der Waals surface area contributed by atoms with E-state index in [0.29, 0.717) is 16.9 Å². The molecule has 4 nitrogen and oxygen atoms in total. The van der Waals surface area contributed by atoms with Crippen LogP contribution in [0.4, 0.5) is 11.4 Å². The second kappa shape index (κ2) is 4.20. The number of fused-ring (bicyclic) bond motifs is 1. The normalized spacial score (nSPS) is 13.8. The number of hydrogen-bond donors (Lipinski definition) is 1. The molecule has 0 fully saturated rings. The lowest BCUT2D eigenvalue weighted by Gasteiger charge is -2.13. The van der Waals surface area contributed by atoms with Crippen molar-refractivity contribution in [3.05, 3.63) is 58.1 Å². The molecule has 3 rings (SSSR count). The van der Waals surface area contributed by atoms with Gasteiger partial charge in [0, 0.05) is 10.2 Å². The minimum absolute atomic E-state index is 0.285. The summed E-state index contributed by atoms with van der Waals surface area (Å²) < 4.78 is 0.800. The average Bonchev–Trinajstić information content (AvgIpc) is 2.63. The number of rotatable bonds is 1. The van der Waals surface area contributed by atoms with Gasteiger partial charge < -0.3 is 5.73 Å². The number of halogens is 1. The van der Waals surface area contributed by atoms with Crippen molar-refractivity contribution in [2.45, 2.75) is 0 Å². The molecule has 0 atom stereocenters. The maximum atomic E-state index is 12.3. The van der Waals surface area contributed by atoms with Crippen LogP contribution in [0.25, 0.3) is 0 Å². The van der Waals surface area contributed by atoms with Gasteiger partial charge in [-0.15, -0.1) is 0 Å². The Morgan fingerprint density at radius 1 is 1.00 bits per heavy atom. The summed E-state index contributed by atoms with van der Waals surface area (Å²) >= 11 is 3.32. The van der Waals surface area contributed by atoms with Gasteiger partial charge in [0.25, 0.3) is 11.8 Å². The molecular weight excluding hydrogens is 308 g/mol. The predicted molar refractivity (Wildman–Crippen MR) is 76.1 cm³/mol. The molecule has 1 heterocycles. The number of carbonyl (C=O) groups excluding carboxylic acids is 2. The van der Waals surface area contributed by atoms with Crippen LogP contribution in [-0.4, -0.2) is 11.8 Å². The number of nitrogens with two attached hydrogens (primary N) is 1. The molecule has 2 N–H and O–H groups in total. The van der Waals surface area contributed by atoms with E-state index in [4.69, 9.17) is 5.73 Å². The Bertz CT molecular complexity index is 712. The fourth-order valence-corrected chi connectivity index (χ4v) is 2.55. The molecule has 0 saturated carbocycles. The molecule has 94 valence electrons. The molecule has 2 amide bonds. The zero-order valence-corrected chi connectivity index (χ0v) is 11.3. The number of imide groups is 1. The highest BCUT2D eigenvalue weighted by molar-refractivity contribution is 9.10. The van der Waals surface area contributed by atoms with Crippen molar-refractivity contribution in [2.24, 2.45) is 0 Å². The van der Waals surface area contributed by atoms with Crippen LogP contribution in [0.15, 0.2) is 46.9 Å². The lowest BCUT2D eigenvalue weighted by atomic mass is 10.1. The van der Waals surface area contributed by atoms with E-state index in [1.807, 2.05) is 6.07 Å². The maximum absolute atomic E-state index is 12.3. The van der Waals surface area contributed by atoms with E-state index in [2.05, 4.69) is 15.9 Å². The van der Waals surface area contributed by atoms with Crippen LogP contribution in [0.1, 0.15) is 20.7 Å². The van der Waals surface area contributed by atoms with Crippen molar-refractivity contribution in [3.8, 4) is 0 Å². The summed E-state index contributed by atoms with van der Waals surface area (Å²) in [5.74, 6) is -0.721. The number of benzene rings is 2. The molecule has 0 spiro atoms. The molecule has 0 aliphatic carbocycles. The largest absolute Gasteiger partial charge is 0.398 e. The van der Waals surface area contributed by atoms with Crippen LogP contribution in [0.2, 0.25) is 0 Å². The van der Waals surface area contributed by atoms with Crippen LogP contribution >= 0.6 is 15.9 Å². The van der Waals surface area contributed by atoms with Crippen molar-refractivity contribution in [3.63, 3.8) is 0 Å². The standard InChI is InChI=1S/C14H9BrN2O2/c15-8-3-1-4-9(7-8)17-13(18)10-5-2-6-11(16)12(10)14(17)19/h1-7H,16H2. The van der Waals surface area contributed by atoms with E-state index in [-0.39, 0.29) is 17.4 Å². The highest BCUT2D eigenvalue weighted by Crippen LogP contribution is 2.32. The fourth-order valence-electron chi connectivity index (χ4n) is 2.16. The monoisotopic (exact) mass is 316 g/mol. The summed E-state index contributed by atoms with van der Waals surface area (Å²) in [6.07, 6.45) is 0. The zero-order valence-electron chi connectivity index (χ0n) is 9.76. The molecule has 0 bridgehead atoms. The topological polar surface area (TPSA) is 63.4 Å². The molecule has 2 aromatic rings. The summed E-state index contributed by atoms with van der Waals surface area (Å²) in [4.78, 5) is 25.8. The number of hydrogen-bond acceptors (Lipinski definition) is 3. The van der Waals surface area contributed by atoms with Gasteiger partial charge in [-0.1, -0.05) is 28.1 Å². The number of nitrogens with zero attached hydrogens (tertiary/aromatic N) is 1. The lowest BCUT2D eigenvalue weighted by Crippen LogP contribution is -2.29. The average molecular weight is 317 g/mol. The number of anilines is 2. The van der Waals surface area contributed by atoms with Crippen LogP contribution in [0.5, 0.6) is 0 Å². The third-order valence-corrected chi connectivity index (χ3v) is 3.51. The van der Waals surface area contributed by atoms with E-state index in [1.165, 1.54) is 0 Å². The minimum Gasteiger partial charge on any atom is -0.398 e. The molecule has 0 unspecified atom stereocenters. The summed E-state index contributed by atoms with van der Waals surface area (Å²) in [7, 11) is 0. The van der Waals surface area contributed by atoms with Gasteiger partial charge in [-0.05, 0) is 30.3 Å². The lowest BCUT2D eigenvalue weighted by molar-refractivity contribution is 0.0926. The molecule has 0 saturated heterocycles. The van der Waals surface area contributed by atoms with Crippen molar-refractivity contribution < 1.29 is 9.59 Å². The molecule has 0 aromatic heterocycles. The van der Waals surface area contributed by atoms with Crippen LogP contribution < -0.4 is 10.6 Å². The van der Waals surface area contributed by atoms with Gasteiger partial charge in [-0.3, -0.25) is 9.59 Å². The smallest absolute Gasteiger partial charge is 0.268 e. The summed E-state index contributed by atoms with van der Waals surface area (Å²) in [5.41, 5.74) is 7.28. The Balaban J connectivity index is 2.16. The molecule has 2 aromatic carbocycles. The predicted octanol–water partition coefficient (Wildman–Crippen LogP) is 2.83. The van der Waals surface area contributed by atoms with E-state index in [9.17, 15) is 9.59 Å². The Morgan fingerprint density at radius 3 is 2.42 bits per heavy atom. The molecule has 1 aliphatic rings. The molecule has 19 heavy (non-hydrogen) atoms. The SMILES string of the molecule is Nc1cccc2c1C(=O)N(c1cccc(Br)c1)C2=O. The number of nitrogen functional groups attached to an aromatic ring is 1. The Morgan fingerprint density at radius 2 is 1.74 bits per heavy atom. The minimum atomic E-state index is -0.379. The van der Waals surface area contributed by atoms with Gasteiger partial charge in [0.1, 0.15) is 0 Å². The van der Waals surface area contributed by atoms with Crippen LogP contribution in [-0.2, 0) is 0 Å². The van der Waals surface area contributed by atoms with Crippen molar-refractivity contribution in [1.29, 1.82) is 0 Å². The van der Waals surface area contributed by atoms with Gasteiger partial charge in [0.05, 0.1) is 16.8 Å². The summed E-state index contributed by atoms with van der Waals surface area (Å²) in [6.45, 7) is 0. The number of amides is 2. The highest BCUT2D eigenvalue weighted by Gasteiger charge is 2.37. The van der Waals surface area contributed by atoms with E-state index in [1.54, 1.807) is 36.4 Å². The van der Waals surface area contributed by atoms with Crippen molar-refractivity contribution >= 4 is 39.1 Å². The molecule has 5 heteroatoms. The van der Waals surface area contributed by atoms with E-state index in [0.717, 1.165) is 9.37 Å². The Kier molecular flexibility index (Phi) is 2.64. The molecule has 0 radical (unpaired) electrons. The third kappa shape index (κ3) is 1.74. The molecular formula is C14H9BrN2O2. The zero-order chi connectivity index (χ0) is 13.6. The highest BCUT2D eigenvalue weighted by atomic mass is 79.9. The van der Waals surface area contributed by atoms with Gasteiger partial charge in [-0.2, -0.15) is 0 Å². The first kappa shape index (κ1) is 11.9. The second-order valence-electron chi connectivity index (χ2n) is 4.20. The first-order chi connectivity index (χ1) is 9.09. The first-order valence-corrected chi connectivity index (χ1v) is 6.42. The third-order valence-electron chi connectivity index (χ3n) is 3.01. The van der Waals surface area contributed by atoms with Gasteiger partial charge >= 0.3 is 0 Å². The summed E-state index contributed by atoms with van der Waals surface area (Å²) in [6, 6.07) is 11.9. The van der Waals surface area contributed by atoms with Gasteiger partial charge in [-0.25, -0.2) is 4.90 Å². The van der Waals surface area contributed by atoms with E-state index < -0.39 is 0 Å². The Hall–Kier alpha value is -2.14. The quantitative estimate of drug-likeness (QED) is 0.650. The fraction of sp³-hybridized carbons (Fsp3) is 0. The number of carbonyl (C=O) groups is 2. The molecule has 1 aliphatic heterocycles. The van der Waals surface area contributed by atoms with E-state index >= 15 is 0 Å². The van der Waals surface area contributed by atoms with Gasteiger partial charge in [0.15, 0.2) is 0 Å². The maximum Gasteiger partial charge on any atom is 0.268 e. The van der Waals surface area contributed by atoms with Crippen molar-refractivity contribution in [2.75, 3.05) is 10.6 Å². The van der Waals surface area contributed by atoms with Crippen molar-refractivity contribution in [1.82, 2.24) is 0 Å². The van der Waals surface area contributed by atoms with Gasteiger partial charge in [0.2, 0.25) is 0 Å².